The van der Waals surface area contributed by atoms with E-state index in [4.69, 9.17) is 0 Å². The van der Waals surface area contributed by atoms with Crippen LogP contribution in [0.5, 0.6) is 0 Å². The predicted octanol–water partition coefficient (Wildman–Crippen LogP) is 4.29. The van der Waals surface area contributed by atoms with Crippen molar-refractivity contribution in [2.24, 2.45) is 0 Å². The molecule has 6 nitrogen and oxygen atoms in total. The minimum absolute atomic E-state index is 0.239. The normalized spacial score (nSPS) is 9.76. The fourth-order valence-electron chi connectivity index (χ4n) is 2.11. The first kappa shape index (κ1) is 16.2. The maximum atomic E-state index is 11.6. The Labute approximate surface area is 145 Å². The molecular formula is C19H17N5O. The van der Waals surface area contributed by atoms with Gasteiger partial charge in [-0.15, -0.1) is 0 Å². The second-order valence-electron chi connectivity index (χ2n) is 5.09. The van der Waals surface area contributed by atoms with E-state index < -0.39 is 0 Å². The summed E-state index contributed by atoms with van der Waals surface area (Å²) in [6.07, 6.45) is 3.36. The number of imidazole rings is 1. The van der Waals surface area contributed by atoms with E-state index in [0.29, 0.717) is 0 Å². The molecule has 0 aliphatic heterocycles. The van der Waals surface area contributed by atoms with E-state index in [2.05, 4.69) is 25.6 Å². The Morgan fingerprint density at radius 1 is 0.760 bits per heavy atom. The summed E-state index contributed by atoms with van der Waals surface area (Å²) in [7, 11) is 0. The van der Waals surface area contributed by atoms with Crippen LogP contribution < -0.4 is 10.6 Å². The summed E-state index contributed by atoms with van der Waals surface area (Å²) < 4.78 is 0. The van der Waals surface area contributed by atoms with E-state index >= 15 is 0 Å². The van der Waals surface area contributed by atoms with Crippen molar-refractivity contribution in [1.29, 1.82) is 0 Å². The van der Waals surface area contributed by atoms with Crippen molar-refractivity contribution in [3.63, 3.8) is 0 Å². The predicted molar refractivity (Wildman–Crippen MR) is 99.4 cm³/mol. The molecule has 4 rings (SSSR count). The lowest BCUT2D eigenvalue weighted by Gasteiger charge is -2.06. The van der Waals surface area contributed by atoms with Gasteiger partial charge in [-0.1, -0.05) is 36.4 Å². The summed E-state index contributed by atoms with van der Waals surface area (Å²) in [6.45, 7) is 0. The first-order chi connectivity index (χ1) is 12.3. The van der Waals surface area contributed by atoms with Gasteiger partial charge in [-0.2, -0.15) is 0 Å². The van der Waals surface area contributed by atoms with Crippen LogP contribution in [0.15, 0.2) is 85.3 Å². The highest BCUT2D eigenvalue weighted by molar-refractivity contribution is 5.99. The van der Waals surface area contributed by atoms with Crippen molar-refractivity contribution in [2.75, 3.05) is 10.6 Å². The Morgan fingerprint density at radius 2 is 1.36 bits per heavy atom. The van der Waals surface area contributed by atoms with Gasteiger partial charge in [0.1, 0.15) is 0 Å². The number of nitrogens with zero attached hydrogens (tertiary/aromatic N) is 2. The van der Waals surface area contributed by atoms with Gasteiger partial charge in [-0.25, -0.2) is 14.8 Å². The molecule has 3 N–H and O–H groups in total. The molecule has 0 saturated heterocycles. The number of para-hydroxylation sites is 2. The van der Waals surface area contributed by atoms with E-state index in [0.717, 1.165) is 22.5 Å². The van der Waals surface area contributed by atoms with Crippen molar-refractivity contribution in [3.8, 4) is 0 Å². The van der Waals surface area contributed by atoms with Crippen LogP contribution >= 0.6 is 0 Å². The van der Waals surface area contributed by atoms with E-state index in [1.54, 1.807) is 12.5 Å². The molecule has 0 atom stereocenters. The average Bonchev–Trinajstić information content (AvgIpc) is 3.13. The molecule has 0 fully saturated rings. The van der Waals surface area contributed by atoms with Crippen LogP contribution in [0.25, 0.3) is 11.2 Å². The molecule has 0 bridgehead atoms. The van der Waals surface area contributed by atoms with Crippen molar-refractivity contribution in [3.05, 3.63) is 85.3 Å². The van der Waals surface area contributed by atoms with Crippen molar-refractivity contribution in [2.45, 2.75) is 0 Å². The summed E-state index contributed by atoms with van der Waals surface area (Å²) in [6, 6.07) is 22.2. The lowest BCUT2D eigenvalue weighted by molar-refractivity contribution is 0.262. The smallest absolute Gasteiger partial charge is 0.323 e. The van der Waals surface area contributed by atoms with Gasteiger partial charge in [0.05, 0.1) is 11.8 Å². The third kappa shape index (κ3) is 4.90. The molecule has 2 amide bonds. The largest absolute Gasteiger partial charge is 0.343 e. The quantitative estimate of drug-likeness (QED) is 0.512. The van der Waals surface area contributed by atoms with Crippen LogP contribution in [0.3, 0.4) is 0 Å². The molecule has 4 aromatic rings. The summed E-state index contributed by atoms with van der Waals surface area (Å²) in [5.41, 5.74) is 3.31. The first-order valence-corrected chi connectivity index (χ1v) is 7.73. The summed E-state index contributed by atoms with van der Waals surface area (Å²) >= 11 is 0. The van der Waals surface area contributed by atoms with Crippen LogP contribution in [-0.2, 0) is 0 Å². The number of benzene rings is 2. The SMILES string of the molecule is O=C(Nc1ccccc1)Nc1ccccc1.c1cnc2nc[nH]c2c1. The zero-order chi connectivity index (χ0) is 17.3. The van der Waals surface area contributed by atoms with E-state index in [1.165, 1.54) is 0 Å². The second kappa shape index (κ2) is 8.26. The molecule has 0 saturated carbocycles. The highest BCUT2D eigenvalue weighted by atomic mass is 16.2. The van der Waals surface area contributed by atoms with Crippen molar-refractivity contribution < 1.29 is 4.79 Å². The lowest BCUT2D eigenvalue weighted by Crippen LogP contribution is -2.19. The Balaban J connectivity index is 0.000000170. The minimum atomic E-state index is -0.239. The van der Waals surface area contributed by atoms with E-state index in [1.807, 2.05) is 72.8 Å². The number of anilines is 2. The highest BCUT2D eigenvalue weighted by Crippen LogP contribution is 2.08. The number of aromatic amines is 1. The minimum Gasteiger partial charge on any atom is -0.343 e. The molecule has 0 radical (unpaired) electrons. The van der Waals surface area contributed by atoms with Crippen LogP contribution in [0, 0.1) is 0 Å². The van der Waals surface area contributed by atoms with Gasteiger partial charge in [0.15, 0.2) is 5.65 Å². The number of aromatic nitrogens is 3. The number of carbonyl (C=O) groups excluding carboxylic acids is 1. The molecule has 2 heterocycles. The number of carbonyl (C=O) groups is 1. The molecule has 2 aromatic heterocycles. The van der Waals surface area contributed by atoms with Gasteiger partial charge in [0.25, 0.3) is 0 Å². The van der Waals surface area contributed by atoms with Crippen molar-refractivity contribution in [1.82, 2.24) is 15.0 Å². The topological polar surface area (TPSA) is 82.7 Å². The highest BCUT2D eigenvalue weighted by Gasteiger charge is 2.00. The molecule has 0 unspecified atom stereocenters. The number of hydrogen-bond donors (Lipinski definition) is 3. The zero-order valence-electron chi connectivity index (χ0n) is 13.4. The van der Waals surface area contributed by atoms with Crippen LogP contribution in [0.1, 0.15) is 0 Å². The maximum absolute atomic E-state index is 11.6. The van der Waals surface area contributed by atoms with E-state index in [-0.39, 0.29) is 6.03 Å². The average molecular weight is 331 g/mol. The number of H-pyrrole nitrogens is 1. The van der Waals surface area contributed by atoms with Crippen LogP contribution in [-0.4, -0.2) is 21.0 Å². The fraction of sp³-hybridized carbons (Fsp3) is 0. The van der Waals surface area contributed by atoms with Gasteiger partial charge in [0.2, 0.25) is 0 Å². The number of pyridine rings is 1. The molecular weight excluding hydrogens is 314 g/mol. The van der Waals surface area contributed by atoms with Gasteiger partial charge >= 0.3 is 6.03 Å². The summed E-state index contributed by atoms with van der Waals surface area (Å²) in [4.78, 5) is 22.5. The second-order valence-corrected chi connectivity index (χ2v) is 5.09. The molecule has 124 valence electrons. The number of urea groups is 1. The fourth-order valence-corrected chi connectivity index (χ4v) is 2.11. The third-order valence-corrected chi connectivity index (χ3v) is 3.26. The van der Waals surface area contributed by atoms with E-state index in [9.17, 15) is 4.79 Å². The van der Waals surface area contributed by atoms with Gasteiger partial charge in [0, 0.05) is 17.6 Å². The number of fused-ring (bicyclic) bond motifs is 1. The summed E-state index contributed by atoms with van der Waals surface area (Å²) in [5.74, 6) is 0. The number of amides is 2. The lowest BCUT2D eigenvalue weighted by atomic mass is 10.3. The Bertz CT molecular complexity index is 848. The standard InChI is InChI=1S/C13H12N2O.C6H5N3/c16-13(14-11-7-3-1-4-8-11)15-12-9-5-2-6-10-12;1-2-5-6(7-3-1)9-4-8-5/h1-10H,(H2,14,15,16);1-4H,(H,7,8,9). The monoisotopic (exact) mass is 331 g/mol. The Hall–Kier alpha value is -3.67. The summed E-state index contributed by atoms with van der Waals surface area (Å²) in [5, 5.41) is 5.48. The van der Waals surface area contributed by atoms with Gasteiger partial charge in [-0.05, 0) is 36.4 Å². The van der Waals surface area contributed by atoms with Crippen LogP contribution in [0.4, 0.5) is 16.2 Å². The zero-order valence-corrected chi connectivity index (χ0v) is 13.4. The number of nitrogens with one attached hydrogen (secondary N) is 3. The molecule has 0 aliphatic rings. The molecule has 0 spiro atoms. The number of hydrogen-bond acceptors (Lipinski definition) is 3. The Kier molecular flexibility index (Phi) is 5.35. The molecule has 2 aromatic carbocycles. The Morgan fingerprint density at radius 3 is 1.92 bits per heavy atom. The van der Waals surface area contributed by atoms with Crippen LogP contribution in [0.2, 0.25) is 0 Å². The molecule has 6 heteroatoms. The number of rotatable bonds is 2. The third-order valence-electron chi connectivity index (χ3n) is 3.26. The first-order valence-electron chi connectivity index (χ1n) is 7.73. The van der Waals surface area contributed by atoms with Gasteiger partial charge in [-0.3, -0.25) is 0 Å². The maximum Gasteiger partial charge on any atom is 0.323 e. The molecule has 0 aliphatic carbocycles. The van der Waals surface area contributed by atoms with Gasteiger partial charge < -0.3 is 15.6 Å². The molecule has 25 heavy (non-hydrogen) atoms. The van der Waals surface area contributed by atoms with Crippen molar-refractivity contribution >= 4 is 28.6 Å².